The van der Waals surface area contributed by atoms with E-state index in [1.165, 1.54) is 10.7 Å². The van der Waals surface area contributed by atoms with Gasteiger partial charge in [0.15, 0.2) is 0 Å². The molecule has 68 heavy (non-hydrogen) atoms. The maximum atomic E-state index is 9.99. The van der Waals surface area contributed by atoms with E-state index in [2.05, 4.69) is 138 Å². The molecule has 0 radical (unpaired) electrons. The summed E-state index contributed by atoms with van der Waals surface area (Å²) >= 11 is -2.42. The van der Waals surface area contributed by atoms with E-state index in [1.807, 2.05) is 73.1 Å². The number of pyridine rings is 2. The Labute approximate surface area is 396 Å². The van der Waals surface area contributed by atoms with Crippen molar-refractivity contribution < 1.29 is 0 Å². The molecular weight excluding hydrogens is 946 g/mol. The first kappa shape index (κ1) is 39.2. The molecule has 0 saturated heterocycles. The topological polar surface area (TPSA) is 126 Å². The first-order valence-electron chi connectivity index (χ1n) is 21.9. The Kier molecular flexibility index (Phi) is 8.76. The summed E-state index contributed by atoms with van der Waals surface area (Å²) in [5, 5.41) is 50.0. The molecule has 4 heterocycles. The number of rotatable bonds is 4. The molecule has 0 bridgehead atoms. The number of aromatic nitrogens is 3. The summed E-state index contributed by atoms with van der Waals surface area (Å²) in [5.74, 6) is 0. The minimum atomic E-state index is -2.42. The standard InChI is InChI=1S/C60H30IN7/c62-31-35-9-17-53-47(25-35)48-26-36(32-63)10-18-54(48)61(53)41-13-15-45-51(29-41)57(59-43-7-3-1-5-39(43)21-23-66-59)46-16-14-42(30-52(46)58(45)60-44-8-4-2-6-40(44)22-24-67-60)68-55-19-11-37(33-64)27-49(55)50-28-38(34-65)12-20-56(50)68/h1-30H. The summed E-state index contributed by atoms with van der Waals surface area (Å²) in [6.45, 7) is 0. The van der Waals surface area contributed by atoms with Crippen LogP contribution in [0.15, 0.2) is 182 Å². The van der Waals surface area contributed by atoms with Gasteiger partial charge in [0.05, 0.1) is 23.3 Å². The Morgan fingerprint density at radius 3 is 1.38 bits per heavy atom. The quantitative estimate of drug-likeness (QED) is 0.128. The fourth-order valence-corrected chi connectivity index (χ4v) is 16.6. The average molecular weight is 976 g/mol. The van der Waals surface area contributed by atoms with Gasteiger partial charge in [0.25, 0.3) is 0 Å². The van der Waals surface area contributed by atoms with Crippen LogP contribution in [-0.2, 0) is 0 Å². The zero-order valence-corrected chi connectivity index (χ0v) is 38.0. The predicted molar refractivity (Wildman–Crippen MR) is 278 cm³/mol. The molecular formula is C60H30IN7. The maximum absolute atomic E-state index is 9.99. The van der Waals surface area contributed by atoms with Gasteiger partial charge in [0.2, 0.25) is 0 Å². The van der Waals surface area contributed by atoms with E-state index in [4.69, 9.17) is 9.97 Å². The van der Waals surface area contributed by atoms with E-state index < -0.39 is 19.8 Å². The van der Waals surface area contributed by atoms with Crippen molar-refractivity contribution in [3.8, 4) is 63.6 Å². The molecule has 8 heteroatoms. The molecule has 12 aromatic rings. The summed E-state index contributed by atoms with van der Waals surface area (Å²) in [4.78, 5) is 10.5. The third-order valence-corrected chi connectivity index (χ3v) is 19.4. The third kappa shape index (κ3) is 5.79. The van der Waals surface area contributed by atoms with Crippen molar-refractivity contribution in [1.29, 1.82) is 21.0 Å². The number of nitriles is 4. The summed E-state index contributed by atoms with van der Waals surface area (Å²) in [6, 6.07) is 67.4. The van der Waals surface area contributed by atoms with Crippen molar-refractivity contribution in [2.75, 3.05) is 0 Å². The molecule has 7 nitrogen and oxygen atoms in total. The van der Waals surface area contributed by atoms with Crippen LogP contribution in [0.3, 0.4) is 0 Å². The molecule has 1 aliphatic heterocycles. The van der Waals surface area contributed by atoms with E-state index in [-0.39, 0.29) is 0 Å². The van der Waals surface area contributed by atoms with Gasteiger partial charge in [-0.15, -0.1) is 0 Å². The molecule has 0 atom stereocenters. The van der Waals surface area contributed by atoms with Crippen LogP contribution in [0.25, 0.3) is 104 Å². The molecule has 0 fully saturated rings. The van der Waals surface area contributed by atoms with Crippen molar-refractivity contribution >= 4 is 84.7 Å². The Balaban J connectivity index is 1.18. The third-order valence-electron chi connectivity index (χ3n) is 13.3. The van der Waals surface area contributed by atoms with Crippen LogP contribution in [0.1, 0.15) is 22.3 Å². The summed E-state index contributed by atoms with van der Waals surface area (Å²) in [5.41, 5.74) is 10.9. The van der Waals surface area contributed by atoms with Crippen molar-refractivity contribution in [1.82, 2.24) is 14.5 Å². The van der Waals surface area contributed by atoms with Gasteiger partial charge in [-0.3, -0.25) is 0 Å². The van der Waals surface area contributed by atoms with Gasteiger partial charge in [0, 0.05) is 0 Å². The van der Waals surface area contributed by atoms with Crippen molar-refractivity contribution in [3.63, 3.8) is 0 Å². The van der Waals surface area contributed by atoms with Crippen LogP contribution in [-0.4, -0.2) is 14.5 Å². The fraction of sp³-hybridized carbons (Fsp3) is 0. The van der Waals surface area contributed by atoms with E-state index in [0.717, 1.165) is 104 Å². The molecule has 0 saturated carbocycles. The molecule has 0 aliphatic carbocycles. The van der Waals surface area contributed by atoms with Gasteiger partial charge in [-0.05, 0) is 0 Å². The molecule has 9 aromatic carbocycles. The molecule has 3 aromatic heterocycles. The molecule has 0 unspecified atom stereocenters. The molecule has 312 valence electrons. The molecule has 0 N–H and O–H groups in total. The number of benzene rings is 9. The number of hydrogen-bond donors (Lipinski definition) is 0. The molecule has 1 aliphatic rings. The van der Waals surface area contributed by atoms with Crippen LogP contribution < -0.4 is 0 Å². The molecule has 0 spiro atoms. The number of hydrogen-bond acceptors (Lipinski definition) is 6. The monoisotopic (exact) mass is 975 g/mol. The Hall–Kier alpha value is -9.19. The van der Waals surface area contributed by atoms with E-state index in [9.17, 15) is 21.0 Å². The Morgan fingerprint density at radius 1 is 0.382 bits per heavy atom. The fourth-order valence-electron chi connectivity index (χ4n) is 10.3. The van der Waals surface area contributed by atoms with Crippen molar-refractivity contribution in [2.45, 2.75) is 0 Å². The average Bonchev–Trinajstić information content (AvgIpc) is 3.90. The number of fused-ring (bicyclic) bond motifs is 10. The second-order valence-corrected chi connectivity index (χ2v) is 22.0. The van der Waals surface area contributed by atoms with Gasteiger partial charge >= 0.3 is 365 Å². The van der Waals surface area contributed by atoms with Crippen LogP contribution in [0.4, 0.5) is 0 Å². The molecule has 13 rings (SSSR count). The van der Waals surface area contributed by atoms with Crippen LogP contribution >= 0.6 is 19.8 Å². The van der Waals surface area contributed by atoms with E-state index >= 15 is 0 Å². The van der Waals surface area contributed by atoms with Gasteiger partial charge in [-0.2, -0.15) is 10.5 Å². The van der Waals surface area contributed by atoms with Crippen LogP contribution in [0.5, 0.6) is 0 Å². The van der Waals surface area contributed by atoms with Gasteiger partial charge in [0.1, 0.15) is 0 Å². The second-order valence-electron chi connectivity index (χ2n) is 16.9. The summed E-state index contributed by atoms with van der Waals surface area (Å²) in [6.07, 6.45) is 3.79. The van der Waals surface area contributed by atoms with Gasteiger partial charge < -0.3 is 0 Å². The van der Waals surface area contributed by atoms with Crippen molar-refractivity contribution in [2.24, 2.45) is 0 Å². The van der Waals surface area contributed by atoms with Gasteiger partial charge in [-0.25, -0.2) is 0 Å². The van der Waals surface area contributed by atoms with E-state index in [0.29, 0.717) is 22.3 Å². The predicted octanol–water partition coefficient (Wildman–Crippen LogP) is 14.4. The van der Waals surface area contributed by atoms with Crippen LogP contribution in [0.2, 0.25) is 0 Å². The zero-order valence-electron chi connectivity index (χ0n) is 35.8. The molecule has 0 amide bonds. The Morgan fingerprint density at radius 2 is 0.853 bits per heavy atom. The zero-order chi connectivity index (χ0) is 45.6. The number of halogens is 1. The minimum absolute atomic E-state index is 0.548. The van der Waals surface area contributed by atoms with Crippen LogP contribution in [0, 0.1) is 56.0 Å². The Bertz CT molecular complexity index is 4260. The number of nitrogens with zero attached hydrogens (tertiary/aromatic N) is 7. The summed E-state index contributed by atoms with van der Waals surface area (Å²) < 4.78 is 5.92. The first-order chi connectivity index (χ1) is 33.5. The van der Waals surface area contributed by atoms with Gasteiger partial charge in [-0.1, -0.05) is 0 Å². The first-order valence-corrected chi connectivity index (χ1v) is 25.2. The van der Waals surface area contributed by atoms with Crippen molar-refractivity contribution in [3.05, 3.63) is 215 Å². The second kappa shape index (κ2) is 15.2. The van der Waals surface area contributed by atoms with E-state index in [1.54, 1.807) is 0 Å². The summed E-state index contributed by atoms with van der Waals surface area (Å²) in [7, 11) is 0. The normalized spacial score (nSPS) is 12.3. The SMILES string of the molecule is N#Cc1ccc2c(c1)-c1cc(C#N)ccc1I2c1ccc2c(-c3nccc4ccccc34)c3cc(-n4c5ccc(C#N)cc5c5cc(C#N)ccc54)ccc3c(-c3nccc4ccccc34)c2c1.